The number of rotatable bonds is 11. The summed E-state index contributed by atoms with van der Waals surface area (Å²) in [6.07, 6.45) is 10.1. The van der Waals surface area contributed by atoms with E-state index in [0.717, 1.165) is 44.9 Å². The third kappa shape index (κ3) is 7.31. The molecule has 0 aromatic heterocycles. The Bertz CT molecular complexity index is 582. The molecular weight excluding hydrogens is 343 g/mol. The van der Waals surface area contributed by atoms with Crippen LogP contribution in [-0.2, 0) is 9.59 Å². The van der Waals surface area contributed by atoms with Crippen molar-refractivity contribution in [1.82, 2.24) is 5.32 Å². The van der Waals surface area contributed by atoms with Crippen molar-refractivity contribution in [2.75, 3.05) is 18.0 Å². The molecule has 0 spiro atoms. The number of hydrogen-bond acceptors (Lipinski definition) is 2. The van der Waals surface area contributed by atoms with Gasteiger partial charge in [-0.05, 0) is 43.5 Å². The molecule has 1 N–H and O–H groups in total. The molecule has 27 heavy (non-hydrogen) atoms. The van der Waals surface area contributed by atoms with E-state index in [1.165, 1.54) is 25.0 Å². The summed E-state index contributed by atoms with van der Waals surface area (Å²) in [7, 11) is 0. The molecule has 4 nitrogen and oxygen atoms in total. The lowest BCUT2D eigenvalue weighted by atomic mass is 10.1. The zero-order valence-electron chi connectivity index (χ0n) is 16.5. The van der Waals surface area contributed by atoms with Crippen LogP contribution < -0.4 is 10.2 Å². The zero-order valence-corrected chi connectivity index (χ0v) is 16.5. The number of carbonyl (C=O) groups is 2. The Balaban J connectivity index is 1.87. The van der Waals surface area contributed by atoms with E-state index in [-0.39, 0.29) is 23.5 Å². The fourth-order valence-electron chi connectivity index (χ4n) is 3.66. The number of anilines is 1. The maximum absolute atomic E-state index is 13.2. The summed E-state index contributed by atoms with van der Waals surface area (Å²) in [6.45, 7) is 3.01. The summed E-state index contributed by atoms with van der Waals surface area (Å²) >= 11 is 0. The van der Waals surface area contributed by atoms with Crippen LogP contribution in [0.25, 0.3) is 0 Å². The van der Waals surface area contributed by atoms with E-state index >= 15 is 0 Å². The zero-order chi connectivity index (χ0) is 19.5. The minimum atomic E-state index is -0.319. The lowest BCUT2D eigenvalue weighted by Crippen LogP contribution is -2.40. The number of hydrogen-bond donors (Lipinski definition) is 1. The molecule has 0 heterocycles. The Labute approximate surface area is 162 Å². The van der Waals surface area contributed by atoms with E-state index in [4.69, 9.17) is 0 Å². The third-order valence-corrected chi connectivity index (χ3v) is 5.29. The smallest absolute Gasteiger partial charge is 0.227 e. The molecule has 0 saturated heterocycles. The molecule has 1 aromatic rings. The molecule has 2 rings (SSSR count). The van der Waals surface area contributed by atoms with Gasteiger partial charge in [-0.3, -0.25) is 9.59 Å². The number of nitrogens with one attached hydrogen (secondary N) is 1. The van der Waals surface area contributed by atoms with Gasteiger partial charge in [-0.1, -0.05) is 45.4 Å². The average Bonchev–Trinajstić information content (AvgIpc) is 3.20. The molecule has 1 aliphatic rings. The molecule has 1 aromatic carbocycles. The van der Waals surface area contributed by atoms with Crippen molar-refractivity contribution >= 4 is 17.5 Å². The molecular formula is C22H33FN2O2. The van der Waals surface area contributed by atoms with Gasteiger partial charge in [-0.15, -0.1) is 0 Å². The van der Waals surface area contributed by atoms with E-state index in [1.807, 2.05) is 0 Å². The lowest BCUT2D eigenvalue weighted by molar-refractivity contribution is -0.125. The van der Waals surface area contributed by atoms with Gasteiger partial charge in [-0.2, -0.15) is 0 Å². The summed E-state index contributed by atoms with van der Waals surface area (Å²) in [6, 6.07) is 5.99. The van der Waals surface area contributed by atoms with E-state index < -0.39 is 0 Å². The van der Waals surface area contributed by atoms with E-state index in [9.17, 15) is 14.0 Å². The average molecular weight is 377 g/mol. The van der Waals surface area contributed by atoms with Gasteiger partial charge in [0.05, 0.1) is 0 Å². The van der Waals surface area contributed by atoms with Gasteiger partial charge in [0, 0.05) is 31.1 Å². The summed E-state index contributed by atoms with van der Waals surface area (Å²) in [5.74, 6) is -0.0643. The molecule has 0 atom stereocenters. The number of carbonyl (C=O) groups excluding carboxylic acids is 2. The summed E-state index contributed by atoms with van der Waals surface area (Å²) in [4.78, 5) is 26.6. The topological polar surface area (TPSA) is 49.4 Å². The van der Waals surface area contributed by atoms with Crippen molar-refractivity contribution in [3.8, 4) is 0 Å². The molecule has 0 radical (unpaired) electrons. The van der Waals surface area contributed by atoms with Crippen LogP contribution in [-0.4, -0.2) is 24.9 Å². The van der Waals surface area contributed by atoms with Crippen molar-refractivity contribution in [3.05, 3.63) is 30.1 Å². The van der Waals surface area contributed by atoms with Crippen LogP contribution in [0.1, 0.15) is 71.1 Å². The highest BCUT2D eigenvalue weighted by Gasteiger charge is 2.23. The van der Waals surface area contributed by atoms with Crippen LogP contribution in [0.15, 0.2) is 24.3 Å². The summed E-state index contributed by atoms with van der Waals surface area (Å²) in [5.41, 5.74) is 0.685. The molecule has 0 bridgehead atoms. The van der Waals surface area contributed by atoms with Gasteiger partial charge >= 0.3 is 0 Å². The minimum absolute atomic E-state index is 0.0354. The van der Waals surface area contributed by atoms with Gasteiger partial charge in [0.1, 0.15) is 5.82 Å². The molecule has 2 amide bonds. The molecule has 1 saturated carbocycles. The molecule has 1 aliphatic carbocycles. The van der Waals surface area contributed by atoms with Crippen LogP contribution in [0.2, 0.25) is 0 Å². The summed E-state index contributed by atoms with van der Waals surface area (Å²) < 4.78 is 13.2. The first kappa shape index (κ1) is 21.4. The summed E-state index contributed by atoms with van der Waals surface area (Å²) in [5, 5.41) is 2.97. The standard InChI is InChI=1S/C22H33FN2O2/c1-2-3-4-5-6-11-21(26)25(20-14-12-19(23)13-15-20)17-16-24-22(27)18-9-7-8-10-18/h12-15,18H,2-11,16-17H2,1H3,(H,24,27). The van der Waals surface area contributed by atoms with Crippen molar-refractivity contribution in [2.24, 2.45) is 5.92 Å². The SMILES string of the molecule is CCCCCCCC(=O)N(CCNC(=O)C1CCCC1)c1ccc(F)cc1. The van der Waals surface area contributed by atoms with E-state index in [2.05, 4.69) is 12.2 Å². The highest BCUT2D eigenvalue weighted by molar-refractivity contribution is 5.93. The first-order valence-electron chi connectivity index (χ1n) is 10.5. The number of benzene rings is 1. The van der Waals surface area contributed by atoms with Crippen molar-refractivity contribution in [2.45, 2.75) is 71.1 Å². The molecule has 150 valence electrons. The minimum Gasteiger partial charge on any atom is -0.354 e. The lowest BCUT2D eigenvalue weighted by Gasteiger charge is -2.23. The Morgan fingerprint density at radius 3 is 2.41 bits per heavy atom. The second kappa shape index (κ2) is 11.7. The number of halogens is 1. The molecule has 1 fully saturated rings. The highest BCUT2D eigenvalue weighted by Crippen LogP contribution is 2.24. The monoisotopic (exact) mass is 376 g/mol. The van der Waals surface area contributed by atoms with Crippen LogP contribution >= 0.6 is 0 Å². The number of nitrogens with zero attached hydrogens (tertiary/aromatic N) is 1. The maximum Gasteiger partial charge on any atom is 0.227 e. The van der Waals surface area contributed by atoms with Crippen molar-refractivity contribution in [1.29, 1.82) is 0 Å². The first-order valence-corrected chi connectivity index (χ1v) is 10.5. The third-order valence-electron chi connectivity index (χ3n) is 5.29. The number of unbranched alkanes of at least 4 members (excludes halogenated alkanes) is 4. The fraction of sp³-hybridized carbons (Fsp3) is 0.636. The van der Waals surface area contributed by atoms with Gasteiger partial charge in [0.25, 0.3) is 0 Å². The van der Waals surface area contributed by atoms with Crippen LogP contribution in [0.4, 0.5) is 10.1 Å². The van der Waals surface area contributed by atoms with Gasteiger partial charge < -0.3 is 10.2 Å². The van der Waals surface area contributed by atoms with Crippen molar-refractivity contribution < 1.29 is 14.0 Å². The Hall–Kier alpha value is -1.91. The maximum atomic E-state index is 13.2. The second-order valence-electron chi connectivity index (χ2n) is 7.46. The Kier molecular flexibility index (Phi) is 9.29. The van der Waals surface area contributed by atoms with E-state index in [1.54, 1.807) is 17.0 Å². The van der Waals surface area contributed by atoms with Crippen LogP contribution in [0.3, 0.4) is 0 Å². The molecule has 5 heteroatoms. The van der Waals surface area contributed by atoms with Gasteiger partial charge in [0.15, 0.2) is 0 Å². The largest absolute Gasteiger partial charge is 0.354 e. The van der Waals surface area contributed by atoms with Crippen LogP contribution in [0, 0.1) is 11.7 Å². The Morgan fingerprint density at radius 1 is 1.07 bits per heavy atom. The predicted octanol–water partition coefficient (Wildman–Crippen LogP) is 4.83. The second-order valence-corrected chi connectivity index (χ2v) is 7.46. The van der Waals surface area contributed by atoms with Gasteiger partial charge in [-0.25, -0.2) is 4.39 Å². The number of amides is 2. The van der Waals surface area contributed by atoms with E-state index in [0.29, 0.717) is 25.2 Å². The van der Waals surface area contributed by atoms with Crippen molar-refractivity contribution in [3.63, 3.8) is 0 Å². The normalized spacial score (nSPS) is 14.3. The first-order chi connectivity index (χ1) is 13.1. The predicted molar refractivity (Wildman–Crippen MR) is 107 cm³/mol. The Morgan fingerprint density at radius 2 is 1.74 bits per heavy atom. The van der Waals surface area contributed by atoms with Crippen LogP contribution in [0.5, 0.6) is 0 Å². The van der Waals surface area contributed by atoms with Gasteiger partial charge in [0.2, 0.25) is 11.8 Å². The molecule has 0 unspecified atom stereocenters. The quantitative estimate of drug-likeness (QED) is 0.563. The molecule has 0 aliphatic heterocycles. The highest BCUT2D eigenvalue weighted by atomic mass is 19.1. The fourth-order valence-corrected chi connectivity index (χ4v) is 3.66.